The molecule has 21 heavy (non-hydrogen) atoms. The fourth-order valence-electron chi connectivity index (χ4n) is 1.58. The second-order valence-electron chi connectivity index (χ2n) is 4.22. The van der Waals surface area contributed by atoms with E-state index in [2.05, 4.69) is 36.0 Å². The lowest BCUT2D eigenvalue weighted by atomic mass is 10.4. The number of pyridine rings is 1. The van der Waals surface area contributed by atoms with Crippen LogP contribution in [0.2, 0.25) is 0 Å². The minimum absolute atomic E-state index is 0.0467. The van der Waals surface area contributed by atoms with Gasteiger partial charge in [-0.1, -0.05) is 0 Å². The van der Waals surface area contributed by atoms with Crippen molar-refractivity contribution in [1.29, 1.82) is 0 Å². The van der Waals surface area contributed by atoms with Crippen LogP contribution in [0.25, 0.3) is 0 Å². The first-order chi connectivity index (χ1) is 9.83. The predicted octanol–water partition coefficient (Wildman–Crippen LogP) is 1.21. The van der Waals surface area contributed by atoms with Crippen molar-refractivity contribution in [2.24, 2.45) is 5.84 Å². The highest BCUT2D eigenvalue weighted by molar-refractivity contribution is 9.10. The van der Waals surface area contributed by atoms with Crippen molar-refractivity contribution < 1.29 is 12.8 Å². The molecule has 0 aliphatic carbocycles. The van der Waals surface area contributed by atoms with Gasteiger partial charge in [-0.25, -0.2) is 29.0 Å². The molecule has 0 fully saturated rings. The smallest absolute Gasteiger partial charge is 0.244 e. The van der Waals surface area contributed by atoms with Gasteiger partial charge in [0.2, 0.25) is 15.9 Å². The van der Waals surface area contributed by atoms with Crippen LogP contribution >= 0.6 is 15.9 Å². The predicted molar refractivity (Wildman–Crippen MR) is 79.7 cm³/mol. The maximum atomic E-state index is 12.3. The zero-order valence-electron chi connectivity index (χ0n) is 11.3. The highest BCUT2D eigenvalue weighted by Gasteiger charge is 2.21. The van der Waals surface area contributed by atoms with E-state index < -0.39 is 10.0 Å². The molecule has 8 nitrogen and oxygen atoms in total. The minimum Gasteiger partial charge on any atom is -0.444 e. The van der Waals surface area contributed by atoms with Gasteiger partial charge in [-0.05, 0) is 35.8 Å². The van der Waals surface area contributed by atoms with Crippen LogP contribution in [0, 0.1) is 13.8 Å². The van der Waals surface area contributed by atoms with Crippen molar-refractivity contribution in [3.63, 3.8) is 0 Å². The summed E-state index contributed by atoms with van der Waals surface area (Å²) in [6.07, 6.45) is 1.44. The Balaban J connectivity index is 2.24. The van der Waals surface area contributed by atoms with Gasteiger partial charge >= 0.3 is 0 Å². The van der Waals surface area contributed by atoms with Crippen LogP contribution in [0.1, 0.15) is 17.3 Å². The van der Waals surface area contributed by atoms with Crippen molar-refractivity contribution in [1.82, 2.24) is 14.7 Å². The molecule has 0 saturated heterocycles. The summed E-state index contributed by atoms with van der Waals surface area (Å²) in [5.74, 6) is 6.26. The zero-order chi connectivity index (χ0) is 15.6. The Morgan fingerprint density at radius 1 is 1.43 bits per heavy atom. The van der Waals surface area contributed by atoms with Crippen molar-refractivity contribution in [2.75, 3.05) is 5.43 Å². The largest absolute Gasteiger partial charge is 0.444 e. The summed E-state index contributed by atoms with van der Waals surface area (Å²) in [5.41, 5.74) is 2.97. The number of nitrogen functional groups attached to an aromatic ring is 1. The van der Waals surface area contributed by atoms with E-state index in [1.165, 1.54) is 12.3 Å². The zero-order valence-corrected chi connectivity index (χ0v) is 13.7. The summed E-state index contributed by atoms with van der Waals surface area (Å²) < 4.78 is 32.8. The van der Waals surface area contributed by atoms with Gasteiger partial charge in [0.05, 0.1) is 12.2 Å². The van der Waals surface area contributed by atoms with Crippen molar-refractivity contribution in [3.8, 4) is 0 Å². The minimum atomic E-state index is -3.81. The number of hydrazine groups is 1. The quantitative estimate of drug-likeness (QED) is 0.529. The standard InChI is InChI=1S/C11H14BrN5O3S/c1-6-7(2)20-10(16-6)5-15-21(18,19)9-3-8(12)4-14-11(9)17-13/h3-4,15H,5,13H2,1-2H3,(H,14,17). The Kier molecular flexibility index (Phi) is 4.61. The van der Waals surface area contributed by atoms with Gasteiger partial charge < -0.3 is 9.84 Å². The van der Waals surface area contributed by atoms with E-state index in [9.17, 15) is 8.42 Å². The molecule has 2 heterocycles. The highest BCUT2D eigenvalue weighted by atomic mass is 79.9. The van der Waals surface area contributed by atoms with Crippen molar-refractivity contribution in [2.45, 2.75) is 25.3 Å². The van der Waals surface area contributed by atoms with Gasteiger partial charge in [0.1, 0.15) is 10.7 Å². The number of hydrogen-bond acceptors (Lipinski definition) is 7. The average molecular weight is 376 g/mol. The number of rotatable bonds is 5. The molecule has 2 aromatic heterocycles. The summed E-state index contributed by atoms with van der Waals surface area (Å²) in [5, 5.41) is 0. The van der Waals surface area contributed by atoms with E-state index in [1.807, 2.05) is 0 Å². The fourth-order valence-corrected chi connectivity index (χ4v) is 3.18. The number of nitrogens with zero attached hydrogens (tertiary/aromatic N) is 2. The molecule has 114 valence electrons. The van der Waals surface area contributed by atoms with E-state index >= 15 is 0 Å². The van der Waals surface area contributed by atoms with Gasteiger partial charge in [0.15, 0.2) is 5.82 Å². The molecular weight excluding hydrogens is 362 g/mol. The topological polar surface area (TPSA) is 123 Å². The highest BCUT2D eigenvalue weighted by Crippen LogP contribution is 2.22. The van der Waals surface area contributed by atoms with Crippen LogP contribution in [-0.4, -0.2) is 18.4 Å². The molecular formula is C11H14BrN5O3S. The van der Waals surface area contributed by atoms with Gasteiger partial charge in [-0.15, -0.1) is 0 Å². The Labute approximate surface area is 130 Å². The summed E-state index contributed by atoms with van der Waals surface area (Å²) in [6.45, 7) is 3.48. The van der Waals surface area contributed by atoms with Crippen molar-refractivity contribution >= 4 is 31.8 Å². The molecule has 0 bridgehead atoms. The molecule has 10 heteroatoms. The number of hydrogen-bond donors (Lipinski definition) is 3. The number of oxazole rings is 1. The molecule has 2 rings (SSSR count). The normalized spacial score (nSPS) is 11.6. The molecule has 0 spiro atoms. The summed E-state index contributed by atoms with van der Waals surface area (Å²) >= 11 is 3.17. The van der Waals surface area contributed by atoms with Crippen LogP contribution < -0.4 is 16.0 Å². The molecule has 0 atom stereocenters. The second-order valence-corrected chi connectivity index (χ2v) is 6.87. The average Bonchev–Trinajstić information content (AvgIpc) is 2.76. The molecule has 0 saturated carbocycles. The van der Waals surface area contributed by atoms with Crippen LogP contribution in [0.3, 0.4) is 0 Å². The molecule has 0 aliphatic rings. The summed E-state index contributed by atoms with van der Waals surface area (Å²) in [7, 11) is -3.81. The molecule has 0 aliphatic heterocycles. The van der Waals surface area contributed by atoms with E-state index in [4.69, 9.17) is 10.3 Å². The maximum absolute atomic E-state index is 12.3. The van der Waals surface area contributed by atoms with E-state index in [-0.39, 0.29) is 17.3 Å². The summed E-state index contributed by atoms with van der Waals surface area (Å²) in [4.78, 5) is 7.93. The first kappa shape index (κ1) is 15.9. The number of nitrogens with two attached hydrogens (primary N) is 1. The molecule has 2 aromatic rings. The number of nitrogens with one attached hydrogen (secondary N) is 2. The Bertz CT molecular complexity index is 740. The molecule has 0 amide bonds. The Morgan fingerprint density at radius 2 is 2.14 bits per heavy atom. The van der Waals surface area contributed by atoms with Gasteiger partial charge in [-0.3, -0.25) is 0 Å². The van der Waals surface area contributed by atoms with Gasteiger partial charge in [0, 0.05) is 10.7 Å². The van der Waals surface area contributed by atoms with Crippen LogP contribution in [0.15, 0.2) is 26.0 Å². The SMILES string of the molecule is Cc1nc(CNS(=O)(=O)c2cc(Br)cnc2NN)oc1C. The number of halogens is 1. The second kappa shape index (κ2) is 6.10. The van der Waals surface area contributed by atoms with E-state index in [0.29, 0.717) is 16.1 Å². The van der Waals surface area contributed by atoms with Crippen LogP contribution in [-0.2, 0) is 16.6 Å². The molecule has 0 radical (unpaired) electrons. The van der Waals surface area contributed by atoms with Crippen molar-refractivity contribution in [3.05, 3.63) is 34.1 Å². The van der Waals surface area contributed by atoms with E-state index in [0.717, 1.165) is 5.69 Å². The molecule has 0 aromatic carbocycles. The lowest BCUT2D eigenvalue weighted by Gasteiger charge is -2.09. The van der Waals surface area contributed by atoms with E-state index in [1.54, 1.807) is 13.8 Å². The maximum Gasteiger partial charge on any atom is 0.244 e. The first-order valence-electron chi connectivity index (χ1n) is 5.88. The van der Waals surface area contributed by atoms with Gasteiger partial charge in [0.25, 0.3) is 0 Å². The third kappa shape index (κ3) is 3.59. The lowest BCUT2D eigenvalue weighted by Crippen LogP contribution is -2.25. The number of aromatic nitrogens is 2. The van der Waals surface area contributed by atoms with Gasteiger partial charge in [-0.2, -0.15) is 0 Å². The fraction of sp³-hybridized carbons (Fsp3) is 0.273. The first-order valence-corrected chi connectivity index (χ1v) is 8.16. The monoisotopic (exact) mass is 375 g/mol. The molecule has 4 N–H and O–H groups in total. The third-order valence-electron chi connectivity index (χ3n) is 2.73. The molecule has 0 unspecified atom stereocenters. The summed E-state index contributed by atoms with van der Waals surface area (Å²) in [6, 6.07) is 1.40. The number of aryl methyl sites for hydroxylation is 2. The number of sulfonamides is 1. The van der Waals surface area contributed by atoms with Crippen LogP contribution in [0.4, 0.5) is 5.82 Å². The third-order valence-corrected chi connectivity index (χ3v) is 4.58. The Morgan fingerprint density at radius 3 is 2.71 bits per heavy atom. The van der Waals surface area contributed by atoms with Crippen LogP contribution in [0.5, 0.6) is 0 Å². The number of anilines is 1. The Hall–Kier alpha value is -1.49. The lowest BCUT2D eigenvalue weighted by molar-refractivity contribution is 0.463.